The molecular formula is C46H56N8O6. The lowest BCUT2D eigenvalue weighted by molar-refractivity contribution is -0.138. The number of aryl methyl sites for hydroxylation is 1. The molecule has 4 aromatic rings. The number of rotatable bonds is 15. The Labute approximate surface area is 351 Å². The summed E-state index contributed by atoms with van der Waals surface area (Å²) in [5, 5.41) is 8.54. The van der Waals surface area contributed by atoms with E-state index in [-0.39, 0.29) is 41.8 Å². The zero-order valence-electron chi connectivity index (χ0n) is 34.9. The highest BCUT2D eigenvalue weighted by Crippen LogP contribution is 2.40. The van der Waals surface area contributed by atoms with E-state index in [0.29, 0.717) is 25.7 Å². The van der Waals surface area contributed by atoms with Gasteiger partial charge in [-0.25, -0.2) is 19.6 Å². The first kappa shape index (κ1) is 42.0. The number of allylic oxidation sites excluding steroid dienone is 2. The second-order valence-corrected chi connectivity index (χ2v) is 16.6. The number of methoxy groups -OCH3 is 2. The van der Waals surface area contributed by atoms with Crippen LogP contribution in [0.5, 0.6) is 0 Å². The molecule has 1 aliphatic heterocycles. The van der Waals surface area contributed by atoms with Crippen LogP contribution in [-0.4, -0.2) is 87.2 Å². The summed E-state index contributed by atoms with van der Waals surface area (Å²) in [7, 11) is 2.60. The zero-order chi connectivity index (χ0) is 42.5. The van der Waals surface area contributed by atoms with Crippen molar-refractivity contribution in [3.8, 4) is 33.6 Å². The first-order chi connectivity index (χ1) is 28.9. The van der Waals surface area contributed by atoms with Crippen molar-refractivity contribution in [2.45, 2.75) is 102 Å². The summed E-state index contributed by atoms with van der Waals surface area (Å²) < 4.78 is 9.59. The summed E-state index contributed by atoms with van der Waals surface area (Å²) in [4.78, 5) is 69.2. The van der Waals surface area contributed by atoms with Gasteiger partial charge in [0.15, 0.2) is 0 Å². The predicted molar refractivity (Wildman–Crippen MR) is 228 cm³/mol. The number of likely N-dealkylation sites (tertiary alicyclic amines) is 1. The minimum absolute atomic E-state index is 0.00108. The quantitative estimate of drug-likeness (QED) is 0.0770. The molecule has 0 bridgehead atoms. The number of benzene rings is 2. The Bertz CT molecular complexity index is 2190. The van der Waals surface area contributed by atoms with Gasteiger partial charge >= 0.3 is 12.2 Å². The molecular weight excluding hydrogens is 761 g/mol. The van der Waals surface area contributed by atoms with Gasteiger partial charge in [-0.2, -0.15) is 0 Å². The number of aromatic nitrogens is 4. The number of imidazole rings is 2. The third-order valence-electron chi connectivity index (χ3n) is 12.2. The number of amides is 4. The van der Waals surface area contributed by atoms with Crippen LogP contribution in [0, 0.1) is 11.8 Å². The molecule has 0 radical (unpaired) electrons. The molecule has 7 rings (SSSR count). The monoisotopic (exact) mass is 816 g/mol. The maximum atomic E-state index is 14.0. The van der Waals surface area contributed by atoms with Crippen molar-refractivity contribution in [1.29, 1.82) is 0 Å². The van der Waals surface area contributed by atoms with Crippen LogP contribution >= 0.6 is 0 Å². The number of carbonyl (C=O) groups is 4. The molecule has 0 spiro atoms. The van der Waals surface area contributed by atoms with Gasteiger partial charge in [0, 0.05) is 18.5 Å². The fraction of sp³-hybridized carbons (Fsp3) is 0.435. The fourth-order valence-corrected chi connectivity index (χ4v) is 8.72. The van der Waals surface area contributed by atoms with Gasteiger partial charge in [-0.3, -0.25) is 9.59 Å². The number of H-pyrrole nitrogens is 2. The summed E-state index contributed by atoms with van der Waals surface area (Å²) in [5.74, 6) is 1.32. The number of hydrogen-bond acceptors (Lipinski definition) is 8. The third-order valence-corrected chi connectivity index (χ3v) is 12.2. The third kappa shape index (κ3) is 9.48. The molecule has 1 saturated heterocycles. The number of alkyl carbamates (subject to hydrolysis) is 2. The first-order valence-corrected chi connectivity index (χ1v) is 20.9. The molecule has 60 heavy (non-hydrogen) atoms. The lowest BCUT2D eigenvalue weighted by atomic mass is 9.75. The molecule has 2 aliphatic carbocycles. The predicted octanol–water partition coefficient (Wildman–Crippen LogP) is 7.39. The summed E-state index contributed by atoms with van der Waals surface area (Å²) in [6.07, 6.45) is 9.21. The molecule has 14 nitrogen and oxygen atoms in total. The van der Waals surface area contributed by atoms with Crippen molar-refractivity contribution < 1.29 is 28.7 Å². The molecule has 2 aromatic carbocycles. The van der Waals surface area contributed by atoms with Crippen LogP contribution in [0.3, 0.4) is 0 Å². The molecule has 3 aliphatic rings. The average molecular weight is 817 g/mol. The number of nitrogens with one attached hydrogen (secondary N) is 5. The molecule has 3 fully saturated rings. The highest BCUT2D eigenvalue weighted by atomic mass is 16.5. The van der Waals surface area contributed by atoms with Gasteiger partial charge in [0.05, 0.1) is 44.0 Å². The SMILES string of the molecule is C=C1CC(C(NC(=O)OC)C(=O)NC(C)CCCc2ncc(-c3ccc(-c4ccc(-c5cnc(C6CCC(C)N6C(=O)C(NC(=O)OC)C6CC(=C)C6)[nH]5)cc4)cc3)[nH]2)C1. The van der Waals surface area contributed by atoms with Crippen molar-refractivity contribution in [3.63, 3.8) is 0 Å². The fourth-order valence-electron chi connectivity index (χ4n) is 8.72. The van der Waals surface area contributed by atoms with Crippen LogP contribution in [0.2, 0.25) is 0 Å². The Hall–Kier alpha value is -6.18. The number of aromatic amines is 2. The van der Waals surface area contributed by atoms with Gasteiger partial charge in [-0.1, -0.05) is 72.8 Å². The van der Waals surface area contributed by atoms with E-state index in [1.807, 2.05) is 31.1 Å². The van der Waals surface area contributed by atoms with E-state index in [1.54, 1.807) is 0 Å². The van der Waals surface area contributed by atoms with E-state index < -0.39 is 24.3 Å². The Kier molecular flexibility index (Phi) is 12.9. The van der Waals surface area contributed by atoms with Gasteiger partial charge < -0.3 is 40.3 Å². The van der Waals surface area contributed by atoms with Crippen LogP contribution in [-0.2, 0) is 25.5 Å². The largest absolute Gasteiger partial charge is 0.453 e. The minimum Gasteiger partial charge on any atom is -0.453 e. The molecule has 5 atom stereocenters. The van der Waals surface area contributed by atoms with Gasteiger partial charge in [0.1, 0.15) is 23.7 Å². The lowest BCUT2D eigenvalue weighted by Crippen LogP contribution is -2.55. The van der Waals surface area contributed by atoms with Crippen molar-refractivity contribution in [2.75, 3.05) is 14.2 Å². The Morgan fingerprint density at radius 3 is 1.83 bits per heavy atom. The smallest absolute Gasteiger partial charge is 0.407 e. The average Bonchev–Trinajstić information content (AvgIpc) is 4.00. The van der Waals surface area contributed by atoms with Crippen molar-refractivity contribution in [1.82, 2.24) is 40.8 Å². The molecule has 2 aromatic heterocycles. The van der Waals surface area contributed by atoms with Crippen molar-refractivity contribution >= 4 is 24.0 Å². The molecule has 5 N–H and O–H groups in total. The van der Waals surface area contributed by atoms with E-state index in [4.69, 9.17) is 14.5 Å². The second kappa shape index (κ2) is 18.4. The van der Waals surface area contributed by atoms with E-state index in [1.165, 1.54) is 14.2 Å². The van der Waals surface area contributed by atoms with Gasteiger partial charge in [-0.05, 0) is 99.3 Å². The van der Waals surface area contributed by atoms with Crippen LogP contribution in [0.4, 0.5) is 9.59 Å². The molecule has 2 saturated carbocycles. The standard InChI is InChI=1S/C46H56N8O6/c1-26-20-34(21-26)40(52-45(57)59-5)43(55)49-28(3)8-7-9-39-47-24-36(50-39)32-15-11-30(12-16-32)31-13-17-33(18-14-31)37-25-48-42(51-37)38-19-10-29(4)54(38)44(56)41(53-46(58)60-6)35-22-27(2)23-35/h11-18,24-25,28-29,34-35,38,40-41H,1-2,7-10,19-23H2,3-6H3,(H,47,50)(H,48,51)(H,49,55)(H,52,57)(H,53,58). The highest BCUT2D eigenvalue weighted by Gasteiger charge is 2.44. The first-order valence-electron chi connectivity index (χ1n) is 20.9. The second-order valence-electron chi connectivity index (χ2n) is 16.6. The number of ether oxygens (including phenoxy) is 2. The van der Waals surface area contributed by atoms with Crippen molar-refractivity contribution in [3.05, 3.63) is 96.9 Å². The minimum atomic E-state index is -0.676. The van der Waals surface area contributed by atoms with E-state index in [9.17, 15) is 19.2 Å². The van der Waals surface area contributed by atoms with Crippen LogP contribution in [0.1, 0.15) is 82.9 Å². The van der Waals surface area contributed by atoms with Gasteiger partial charge in [0.2, 0.25) is 11.8 Å². The molecule has 3 heterocycles. The van der Waals surface area contributed by atoms with E-state index in [0.717, 1.165) is 88.5 Å². The zero-order valence-corrected chi connectivity index (χ0v) is 34.9. The number of hydrogen-bond donors (Lipinski definition) is 5. The summed E-state index contributed by atoms with van der Waals surface area (Å²) >= 11 is 0. The highest BCUT2D eigenvalue weighted by molar-refractivity contribution is 5.87. The summed E-state index contributed by atoms with van der Waals surface area (Å²) in [6, 6.07) is 15.0. The Morgan fingerprint density at radius 2 is 1.27 bits per heavy atom. The topological polar surface area (TPSA) is 183 Å². The summed E-state index contributed by atoms with van der Waals surface area (Å²) in [6.45, 7) is 12.0. The maximum Gasteiger partial charge on any atom is 0.407 e. The normalized spacial score (nSPS) is 19.4. The van der Waals surface area contributed by atoms with E-state index in [2.05, 4.69) is 92.6 Å². The van der Waals surface area contributed by atoms with Crippen LogP contribution in [0.25, 0.3) is 33.6 Å². The molecule has 5 unspecified atom stereocenters. The van der Waals surface area contributed by atoms with Crippen LogP contribution < -0.4 is 16.0 Å². The van der Waals surface area contributed by atoms with E-state index >= 15 is 0 Å². The Morgan fingerprint density at radius 1 is 0.750 bits per heavy atom. The number of nitrogens with zero attached hydrogens (tertiary/aromatic N) is 3. The lowest BCUT2D eigenvalue weighted by Gasteiger charge is -2.39. The Balaban J connectivity index is 0.917. The van der Waals surface area contributed by atoms with Crippen LogP contribution in [0.15, 0.2) is 85.2 Å². The molecule has 14 heteroatoms. The number of carbonyl (C=O) groups excluding carboxylic acids is 4. The van der Waals surface area contributed by atoms with Gasteiger partial charge in [0.25, 0.3) is 0 Å². The maximum absolute atomic E-state index is 14.0. The van der Waals surface area contributed by atoms with Gasteiger partial charge in [-0.15, -0.1) is 0 Å². The van der Waals surface area contributed by atoms with Crippen molar-refractivity contribution in [2.24, 2.45) is 11.8 Å². The molecule has 4 amide bonds. The summed E-state index contributed by atoms with van der Waals surface area (Å²) in [5.41, 5.74) is 8.13. The molecule has 316 valence electrons.